The molecule has 0 spiro atoms. The van der Waals surface area contributed by atoms with Crippen LogP contribution >= 0.6 is 0 Å². The van der Waals surface area contributed by atoms with E-state index in [2.05, 4.69) is 11.9 Å². The summed E-state index contributed by atoms with van der Waals surface area (Å²) in [5.41, 5.74) is 5.65. The second-order valence-electron chi connectivity index (χ2n) is 4.34. The highest BCUT2D eigenvalue weighted by molar-refractivity contribution is 5.87. The first-order valence-electron chi connectivity index (χ1n) is 5.96. The van der Waals surface area contributed by atoms with Crippen molar-refractivity contribution >= 4 is 11.8 Å². The van der Waals surface area contributed by atoms with Gasteiger partial charge in [0, 0.05) is 13.1 Å². The summed E-state index contributed by atoms with van der Waals surface area (Å²) in [5, 5.41) is 11.3. The Morgan fingerprint density at radius 3 is 2.56 bits per heavy atom. The first-order chi connectivity index (χ1) is 8.43. The second-order valence-corrected chi connectivity index (χ2v) is 4.34. The fraction of sp³-hybridized carbons (Fsp3) is 0.667. The van der Waals surface area contributed by atoms with E-state index >= 15 is 0 Å². The molecule has 0 rings (SSSR count). The molecule has 0 bridgehead atoms. The molecule has 0 heterocycles. The third kappa shape index (κ3) is 5.79. The maximum absolute atomic E-state index is 11.7. The maximum atomic E-state index is 11.7. The van der Waals surface area contributed by atoms with Crippen LogP contribution in [0.3, 0.4) is 0 Å². The molecule has 2 amide bonds. The van der Waals surface area contributed by atoms with Gasteiger partial charge in [-0.3, -0.25) is 9.59 Å². The Labute approximate surface area is 108 Å². The van der Waals surface area contributed by atoms with Crippen LogP contribution in [-0.2, 0) is 9.59 Å². The third-order valence-corrected chi connectivity index (χ3v) is 2.51. The molecule has 0 unspecified atom stereocenters. The topological polar surface area (TPSA) is 95.7 Å². The fourth-order valence-corrected chi connectivity index (χ4v) is 1.29. The summed E-state index contributed by atoms with van der Waals surface area (Å²) in [6, 6.07) is -0.622. The van der Waals surface area contributed by atoms with Gasteiger partial charge in [-0.2, -0.15) is 0 Å². The molecule has 4 N–H and O–H groups in total. The Morgan fingerprint density at radius 2 is 2.11 bits per heavy atom. The van der Waals surface area contributed by atoms with Crippen LogP contribution < -0.4 is 11.1 Å². The predicted molar refractivity (Wildman–Crippen MR) is 69.7 cm³/mol. The van der Waals surface area contributed by atoms with E-state index < -0.39 is 6.04 Å². The van der Waals surface area contributed by atoms with Gasteiger partial charge in [-0.15, -0.1) is 6.58 Å². The molecule has 0 saturated heterocycles. The minimum Gasteiger partial charge on any atom is -0.395 e. The van der Waals surface area contributed by atoms with Crippen molar-refractivity contribution in [1.29, 1.82) is 0 Å². The molecule has 6 heteroatoms. The number of hydrogen-bond donors (Lipinski definition) is 3. The van der Waals surface area contributed by atoms with Gasteiger partial charge in [-0.1, -0.05) is 19.9 Å². The van der Waals surface area contributed by atoms with Crippen molar-refractivity contribution in [2.75, 3.05) is 26.2 Å². The van der Waals surface area contributed by atoms with E-state index in [1.54, 1.807) is 6.08 Å². The number of amides is 2. The molecular formula is C12H23N3O3. The molecule has 0 fully saturated rings. The summed E-state index contributed by atoms with van der Waals surface area (Å²) in [4.78, 5) is 24.7. The molecule has 0 radical (unpaired) electrons. The SMILES string of the molecule is C=CCN(CCO)C(=O)CNC(=O)[C@@H](N)C(C)C. The molecule has 0 saturated carbocycles. The van der Waals surface area contributed by atoms with Crippen LogP contribution in [0.4, 0.5) is 0 Å². The Hall–Kier alpha value is -1.40. The average molecular weight is 257 g/mol. The van der Waals surface area contributed by atoms with E-state index in [4.69, 9.17) is 10.8 Å². The summed E-state index contributed by atoms with van der Waals surface area (Å²) >= 11 is 0. The van der Waals surface area contributed by atoms with Gasteiger partial charge in [0.15, 0.2) is 0 Å². The summed E-state index contributed by atoms with van der Waals surface area (Å²) in [7, 11) is 0. The molecule has 0 aromatic heterocycles. The van der Waals surface area contributed by atoms with Gasteiger partial charge in [-0.05, 0) is 5.92 Å². The first kappa shape index (κ1) is 16.6. The van der Waals surface area contributed by atoms with Crippen molar-refractivity contribution in [1.82, 2.24) is 10.2 Å². The summed E-state index contributed by atoms with van der Waals surface area (Å²) in [6.07, 6.45) is 1.56. The normalized spacial score (nSPS) is 12.1. The zero-order valence-electron chi connectivity index (χ0n) is 11.1. The number of carbonyl (C=O) groups is 2. The van der Waals surface area contributed by atoms with Crippen LogP contribution in [0.1, 0.15) is 13.8 Å². The van der Waals surface area contributed by atoms with Gasteiger partial charge in [0.2, 0.25) is 11.8 Å². The number of nitrogens with one attached hydrogen (secondary N) is 1. The number of carbonyl (C=O) groups excluding carboxylic acids is 2. The summed E-state index contributed by atoms with van der Waals surface area (Å²) in [6.45, 7) is 7.51. The maximum Gasteiger partial charge on any atom is 0.242 e. The van der Waals surface area contributed by atoms with Gasteiger partial charge in [0.1, 0.15) is 0 Å². The summed E-state index contributed by atoms with van der Waals surface area (Å²) < 4.78 is 0. The molecule has 6 nitrogen and oxygen atoms in total. The quantitative estimate of drug-likeness (QED) is 0.491. The van der Waals surface area contributed by atoms with Gasteiger partial charge < -0.3 is 21.1 Å². The lowest BCUT2D eigenvalue weighted by atomic mass is 10.1. The number of nitrogens with two attached hydrogens (primary N) is 1. The number of rotatable bonds is 8. The highest BCUT2D eigenvalue weighted by Crippen LogP contribution is 1.97. The van der Waals surface area contributed by atoms with Crippen LogP contribution in [-0.4, -0.2) is 54.1 Å². The zero-order valence-corrected chi connectivity index (χ0v) is 11.1. The number of aliphatic hydroxyl groups excluding tert-OH is 1. The molecule has 0 aliphatic heterocycles. The van der Waals surface area contributed by atoms with Gasteiger partial charge >= 0.3 is 0 Å². The van der Waals surface area contributed by atoms with Gasteiger partial charge in [-0.25, -0.2) is 0 Å². The lowest BCUT2D eigenvalue weighted by Crippen LogP contribution is -2.48. The van der Waals surface area contributed by atoms with Gasteiger partial charge in [0.25, 0.3) is 0 Å². The zero-order chi connectivity index (χ0) is 14.1. The molecule has 0 aromatic rings. The molecule has 1 atom stereocenters. The third-order valence-electron chi connectivity index (χ3n) is 2.51. The van der Waals surface area contributed by atoms with Gasteiger partial charge in [0.05, 0.1) is 19.2 Å². The molecule has 0 aromatic carbocycles. The van der Waals surface area contributed by atoms with E-state index in [9.17, 15) is 9.59 Å². The highest BCUT2D eigenvalue weighted by Gasteiger charge is 2.19. The summed E-state index contributed by atoms with van der Waals surface area (Å²) in [5.74, 6) is -0.601. The Morgan fingerprint density at radius 1 is 1.50 bits per heavy atom. The second kappa shape index (κ2) is 8.66. The molecule has 104 valence electrons. The van der Waals surface area contributed by atoms with Crippen molar-refractivity contribution in [3.05, 3.63) is 12.7 Å². The van der Waals surface area contributed by atoms with E-state index in [1.165, 1.54) is 4.90 Å². The lowest BCUT2D eigenvalue weighted by molar-refractivity contribution is -0.133. The minimum atomic E-state index is -0.622. The van der Waals surface area contributed by atoms with E-state index in [0.717, 1.165) is 0 Å². The van der Waals surface area contributed by atoms with Crippen molar-refractivity contribution in [2.45, 2.75) is 19.9 Å². The monoisotopic (exact) mass is 257 g/mol. The van der Waals surface area contributed by atoms with E-state index in [1.807, 2.05) is 13.8 Å². The van der Waals surface area contributed by atoms with E-state index in [-0.39, 0.29) is 37.4 Å². The number of aliphatic hydroxyl groups is 1. The fourth-order valence-electron chi connectivity index (χ4n) is 1.29. The Bertz CT molecular complexity index is 292. The van der Waals surface area contributed by atoms with Crippen LogP contribution in [0.2, 0.25) is 0 Å². The standard InChI is InChI=1S/C12H23N3O3/c1-4-5-15(6-7-16)10(17)8-14-12(18)11(13)9(2)3/h4,9,11,16H,1,5-8,13H2,2-3H3,(H,14,18)/t11-/m0/s1. The first-order valence-corrected chi connectivity index (χ1v) is 5.96. The van der Waals surface area contributed by atoms with Crippen molar-refractivity contribution in [2.24, 2.45) is 11.7 Å². The molecular weight excluding hydrogens is 234 g/mol. The van der Waals surface area contributed by atoms with E-state index in [0.29, 0.717) is 6.54 Å². The van der Waals surface area contributed by atoms with Crippen molar-refractivity contribution in [3.63, 3.8) is 0 Å². The Kier molecular flexibility index (Phi) is 7.98. The van der Waals surface area contributed by atoms with Crippen LogP contribution in [0.25, 0.3) is 0 Å². The number of nitrogens with zero attached hydrogens (tertiary/aromatic N) is 1. The van der Waals surface area contributed by atoms with Crippen LogP contribution in [0.5, 0.6) is 0 Å². The lowest BCUT2D eigenvalue weighted by Gasteiger charge is -2.21. The van der Waals surface area contributed by atoms with Crippen LogP contribution in [0, 0.1) is 5.92 Å². The van der Waals surface area contributed by atoms with Crippen molar-refractivity contribution in [3.8, 4) is 0 Å². The predicted octanol–water partition coefficient (Wildman–Crippen LogP) is -0.907. The van der Waals surface area contributed by atoms with Crippen LogP contribution in [0.15, 0.2) is 12.7 Å². The van der Waals surface area contributed by atoms with Crippen molar-refractivity contribution < 1.29 is 14.7 Å². The average Bonchev–Trinajstić information content (AvgIpc) is 2.34. The molecule has 18 heavy (non-hydrogen) atoms. The smallest absolute Gasteiger partial charge is 0.242 e. The Balaban J connectivity index is 4.21. The molecule has 0 aliphatic carbocycles. The highest BCUT2D eigenvalue weighted by atomic mass is 16.3. The largest absolute Gasteiger partial charge is 0.395 e. The minimum absolute atomic E-state index is 0.0156. The number of hydrogen-bond acceptors (Lipinski definition) is 4. The molecule has 0 aliphatic rings.